The standard InChI is InChI=1S/C51H31NO/c1-2-13-34(14-3-1)52(36-25-29-42-41-18-8-11-21-47(41)53-48(42)31-36)35-24-28-38-33(30-35)23-27-44-43-26-22-32-12-4-5-15-37(32)49(43)51(50(38)44)45-19-9-6-16-39(45)40-17-7-10-20-46(40)51/h1-31H. The normalized spacial score (nSPS) is 13.4. The Morgan fingerprint density at radius 3 is 1.64 bits per heavy atom. The second-order valence-electron chi connectivity index (χ2n) is 14.4. The maximum Gasteiger partial charge on any atom is 0.137 e. The maximum absolute atomic E-state index is 6.38. The van der Waals surface area contributed by atoms with Crippen LogP contribution in [0.2, 0.25) is 0 Å². The minimum absolute atomic E-state index is 0.453. The van der Waals surface area contributed by atoms with Gasteiger partial charge in [0, 0.05) is 33.9 Å². The average molecular weight is 674 g/mol. The van der Waals surface area contributed by atoms with Gasteiger partial charge in [-0.2, -0.15) is 0 Å². The molecule has 1 aromatic heterocycles. The van der Waals surface area contributed by atoms with Crippen molar-refractivity contribution in [2.75, 3.05) is 4.90 Å². The van der Waals surface area contributed by atoms with E-state index in [1.165, 1.54) is 66.1 Å². The third-order valence-electron chi connectivity index (χ3n) is 11.8. The average Bonchev–Trinajstić information content (AvgIpc) is 3.85. The van der Waals surface area contributed by atoms with Crippen LogP contribution in [0.5, 0.6) is 0 Å². The van der Waals surface area contributed by atoms with Crippen LogP contribution in [0.4, 0.5) is 17.1 Å². The lowest BCUT2D eigenvalue weighted by molar-refractivity contribution is 0.669. The molecule has 9 aromatic carbocycles. The van der Waals surface area contributed by atoms with Crippen molar-refractivity contribution in [1.29, 1.82) is 0 Å². The van der Waals surface area contributed by atoms with E-state index < -0.39 is 5.41 Å². The smallest absolute Gasteiger partial charge is 0.137 e. The Morgan fingerprint density at radius 1 is 0.340 bits per heavy atom. The predicted molar refractivity (Wildman–Crippen MR) is 220 cm³/mol. The van der Waals surface area contributed by atoms with Gasteiger partial charge in [-0.3, -0.25) is 0 Å². The van der Waals surface area contributed by atoms with E-state index in [2.05, 4.69) is 181 Å². The van der Waals surface area contributed by atoms with Gasteiger partial charge in [0.1, 0.15) is 11.2 Å². The number of nitrogens with zero attached hydrogens (tertiary/aromatic N) is 1. The van der Waals surface area contributed by atoms with Crippen LogP contribution in [0.15, 0.2) is 192 Å². The third-order valence-corrected chi connectivity index (χ3v) is 11.8. The number of anilines is 3. The molecule has 10 aromatic rings. The topological polar surface area (TPSA) is 16.4 Å². The van der Waals surface area contributed by atoms with Crippen molar-refractivity contribution in [3.8, 4) is 22.3 Å². The van der Waals surface area contributed by atoms with Crippen molar-refractivity contribution in [2.45, 2.75) is 5.41 Å². The molecule has 0 unspecified atom stereocenters. The van der Waals surface area contributed by atoms with E-state index in [-0.39, 0.29) is 0 Å². The fourth-order valence-corrected chi connectivity index (χ4v) is 9.76. The molecule has 0 bridgehead atoms. The van der Waals surface area contributed by atoms with Gasteiger partial charge < -0.3 is 9.32 Å². The molecular formula is C51H31NO. The Labute approximate surface area is 306 Å². The van der Waals surface area contributed by atoms with Gasteiger partial charge in [-0.25, -0.2) is 0 Å². The Kier molecular flexibility index (Phi) is 5.73. The first-order valence-electron chi connectivity index (χ1n) is 18.3. The SMILES string of the molecule is c1ccc(N(c2ccc3c4c(ccc3c2)-c2ccc3ccccc3c2C42c3ccccc3-c3ccccc32)c2ccc3c(c2)oc2ccccc23)cc1. The number of benzene rings is 9. The van der Waals surface area contributed by atoms with Crippen molar-refractivity contribution >= 4 is 60.5 Å². The molecule has 0 saturated carbocycles. The molecule has 0 radical (unpaired) electrons. The summed E-state index contributed by atoms with van der Waals surface area (Å²) in [7, 11) is 0. The summed E-state index contributed by atoms with van der Waals surface area (Å²) in [6.07, 6.45) is 0. The highest BCUT2D eigenvalue weighted by Crippen LogP contribution is 2.65. The van der Waals surface area contributed by atoms with E-state index in [1.807, 2.05) is 12.1 Å². The lowest BCUT2D eigenvalue weighted by Gasteiger charge is -2.32. The van der Waals surface area contributed by atoms with Gasteiger partial charge in [0.15, 0.2) is 0 Å². The number of fused-ring (bicyclic) bond motifs is 17. The third kappa shape index (κ3) is 3.77. The number of para-hydroxylation sites is 2. The van der Waals surface area contributed by atoms with E-state index in [1.54, 1.807) is 0 Å². The molecule has 2 aliphatic rings. The van der Waals surface area contributed by atoms with Crippen LogP contribution in [-0.2, 0) is 5.41 Å². The summed E-state index contributed by atoms with van der Waals surface area (Å²) in [6.45, 7) is 0. The highest BCUT2D eigenvalue weighted by molar-refractivity contribution is 6.10. The van der Waals surface area contributed by atoms with Crippen LogP contribution in [0.1, 0.15) is 22.3 Å². The molecule has 12 rings (SSSR count). The van der Waals surface area contributed by atoms with Crippen molar-refractivity contribution in [1.82, 2.24) is 0 Å². The molecule has 1 heterocycles. The Balaban J connectivity index is 1.13. The van der Waals surface area contributed by atoms with Gasteiger partial charge in [-0.1, -0.05) is 140 Å². The molecule has 2 nitrogen and oxygen atoms in total. The first kappa shape index (κ1) is 28.8. The Hall–Kier alpha value is -6.90. The van der Waals surface area contributed by atoms with Crippen LogP contribution < -0.4 is 4.90 Å². The molecule has 0 N–H and O–H groups in total. The molecule has 1 spiro atoms. The number of furan rings is 1. The zero-order valence-corrected chi connectivity index (χ0v) is 28.8. The largest absolute Gasteiger partial charge is 0.456 e. The van der Waals surface area contributed by atoms with Crippen molar-refractivity contribution in [3.63, 3.8) is 0 Å². The molecular weight excluding hydrogens is 643 g/mol. The fourth-order valence-electron chi connectivity index (χ4n) is 9.76. The monoisotopic (exact) mass is 673 g/mol. The van der Waals surface area contributed by atoms with E-state index in [0.717, 1.165) is 39.0 Å². The summed E-state index contributed by atoms with van der Waals surface area (Å²) in [5.41, 5.74) is 15.3. The maximum atomic E-state index is 6.38. The van der Waals surface area contributed by atoms with E-state index >= 15 is 0 Å². The second-order valence-corrected chi connectivity index (χ2v) is 14.4. The summed E-state index contributed by atoms with van der Waals surface area (Å²) in [5.74, 6) is 0. The Morgan fingerprint density at radius 2 is 0.887 bits per heavy atom. The first-order valence-corrected chi connectivity index (χ1v) is 18.3. The number of hydrogen-bond donors (Lipinski definition) is 0. The predicted octanol–water partition coefficient (Wildman–Crippen LogP) is 13.7. The van der Waals surface area contributed by atoms with Gasteiger partial charge in [0.2, 0.25) is 0 Å². The molecule has 0 aliphatic heterocycles. The molecule has 246 valence electrons. The fraction of sp³-hybridized carbons (Fsp3) is 0.0196. The van der Waals surface area contributed by atoms with Gasteiger partial charge in [0.25, 0.3) is 0 Å². The van der Waals surface area contributed by atoms with Crippen LogP contribution in [-0.4, -0.2) is 0 Å². The lowest BCUT2D eigenvalue weighted by atomic mass is 9.68. The number of hydrogen-bond acceptors (Lipinski definition) is 2. The molecule has 0 saturated heterocycles. The minimum atomic E-state index is -0.453. The Bertz CT molecular complexity index is 3090. The van der Waals surface area contributed by atoms with Gasteiger partial charge in [-0.05, 0) is 109 Å². The van der Waals surface area contributed by atoms with Crippen molar-refractivity contribution < 1.29 is 4.42 Å². The van der Waals surface area contributed by atoms with Gasteiger partial charge in [-0.15, -0.1) is 0 Å². The lowest BCUT2D eigenvalue weighted by Crippen LogP contribution is -2.26. The summed E-state index contributed by atoms with van der Waals surface area (Å²) in [4.78, 5) is 2.34. The number of rotatable bonds is 3. The van der Waals surface area contributed by atoms with Crippen LogP contribution in [0.3, 0.4) is 0 Å². The highest BCUT2D eigenvalue weighted by atomic mass is 16.3. The summed E-state index contributed by atoms with van der Waals surface area (Å²) < 4.78 is 6.38. The summed E-state index contributed by atoms with van der Waals surface area (Å²) >= 11 is 0. The van der Waals surface area contributed by atoms with Crippen LogP contribution in [0.25, 0.3) is 65.7 Å². The van der Waals surface area contributed by atoms with E-state index in [0.29, 0.717) is 0 Å². The van der Waals surface area contributed by atoms with Crippen LogP contribution >= 0.6 is 0 Å². The molecule has 0 fully saturated rings. The zero-order valence-electron chi connectivity index (χ0n) is 28.8. The second kappa shape index (κ2) is 10.6. The van der Waals surface area contributed by atoms with E-state index in [9.17, 15) is 0 Å². The molecule has 0 atom stereocenters. The first-order chi connectivity index (χ1) is 26.3. The molecule has 2 aliphatic carbocycles. The summed E-state index contributed by atoms with van der Waals surface area (Å²) in [5, 5.41) is 7.34. The quantitative estimate of drug-likeness (QED) is 0.186. The minimum Gasteiger partial charge on any atom is -0.456 e. The van der Waals surface area contributed by atoms with Crippen molar-refractivity contribution in [3.05, 3.63) is 210 Å². The van der Waals surface area contributed by atoms with Gasteiger partial charge in [0.05, 0.1) is 5.41 Å². The molecule has 2 heteroatoms. The van der Waals surface area contributed by atoms with Gasteiger partial charge >= 0.3 is 0 Å². The van der Waals surface area contributed by atoms with Crippen LogP contribution in [0, 0.1) is 0 Å². The van der Waals surface area contributed by atoms with E-state index in [4.69, 9.17) is 4.42 Å². The zero-order chi connectivity index (χ0) is 34.7. The molecule has 0 amide bonds. The highest BCUT2D eigenvalue weighted by Gasteiger charge is 2.53. The summed E-state index contributed by atoms with van der Waals surface area (Å²) in [6, 6.07) is 69.0. The molecule has 53 heavy (non-hydrogen) atoms. The van der Waals surface area contributed by atoms with Crippen molar-refractivity contribution in [2.24, 2.45) is 0 Å².